The molecule has 0 amide bonds. The molecule has 1 heterocycles. The number of nitrogens with zero attached hydrogens (tertiary/aromatic N) is 1. The van der Waals surface area contributed by atoms with Gasteiger partial charge in [-0.05, 0) is 31.2 Å². The van der Waals surface area contributed by atoms with Crippen molar-refractivity contribution < 1.29 is 5.11 Å². The van der Waals surface area contributed by atoms with Gasteiger partial charge in [0.15, 0.2) is 0 Å². The van der Waals surface area contributed by atoms with Crippen LogP contribution in [0, 0.1) is 12.8 Å². The van der Waals surface area contributed by atoms with Crippen molar-refractivity contribution in [1.29, 1.82) is 0 Å². The number of H-pyrrole nitrogens is 1. The third-order valence-corrected chi connectivity index (χ3v) is 3.47. The van der Waals surface area contributed by atoms with Gasteiger partial charge in [0.25, 0.3) is 5.56 Å². The monoisotopic (exact) mass is 256 g/mol. The highest BCUT2D eigenvalue weighted by atomic mass is 16.3. The number of benzene rings is 1. The van der Waals surface area contributed by atoms with Crippen molar-refractivity contribution in [3.8, 4) is 17.0 Å². The number of rotatable bonds is 3. The number of aromatic hydroxyl groups is 1. The first kappa shape index (κ1) is 12.0. The summed E-state index contributed by atoms with van der Waals surface area (Å²) in [6.07, 6.45) is 3.12. The van der Waals surface area contributed by atoms with Crippen LogP contribution in [0.15, 0.2) is 29.1 Å². The maximum atomic E-state index is 12.1. The van der Waals surface area contributed by atoms with E-state index >= 15 is 0 Å². The van der Waals surface area contributed by atoms with E-state index in [4.69, 9.17) is 0 Å². The summed E-state index contributed by atoms with van der Waals surface area (Å²) in [6.45, 7) is 1.98. The summed E-state index contributed by atoms with van der Waals surface area (Å²) < 4.78 is 0. The molecule has 1 saturated carbocycles. The zero-order valence-electron chi connectivity index (χ0n) is 10.8. The van der Waals surface area contributed by atoms with E-state index in [1.54, 1.807) is 0 Å². The van der Waals surface area contributed by atoms with E-state index in [9.17, 15) is 9.90 Å². The number of hydrogen-bond acceptors (Lipinski definition) is 3. The molecule has 0 unspecified atom stereocenters. The molecule has 0 saturated heterocycles. The Bertz CT molecular complexity index is 655. The van der Waals surface area contributed by atoms with Gasteiger partial charge in [-0.15, -0.1) is 0 Å². The van der Waals surface area contributed by atoms with E-state index in [-0.39, 0.29) is 17.0 Å². The van der Waals surface area contributed by atoms with Gasteiger partial charge in [0.2, 0.25) is 5.88 Å². The quantitative estimate of drug-likeness (QED) is 0.886. The Morgan fingerprint density at radius 2 is 2.00 bits per heavy atom. The van der Waals surface area contributed by atoms with E-state index in [1.807, 2.05) is 31.2 Å². The number of aromatic amines is 1. The molecule has 2 aromatic rings. The normalized spacial score (nSPS) is 14.6. The first-order chi connectivity index (χ1) is 9.13. The van der Waals surface area contributed by atoms with Crippen LogP contribution >= 0.6 is 0 Å². The predicted octanol–water partition coefficient (Wildman–Crippen LogP) is 2.40. The summed E-state index contributed by atoms with van der Waals surface area (Å²) in [6, 6.07) is 7.46. The summed E-state index contributed by atoms with van der Waals surface area (Å²) in [5, 5.41) is 10.00. The molecule has 1 aromatic heterocycles. The van der Waals surface area contributed by atoms with Gasteiger partial charge in [0.05, 0.1) is 0 Å². The number of hydrogen-bond donors (Lipinski definition) is 2. The van der Waals surface area contributed by atoms with Crippen LogP contribution in [0.5, 0.6) is 5.88 Å². The lowest BCUT2D eigenvalue weighted by molar-refractivity contribution is 0.449. The average Bonchev–Trinajstić information content (AvgIpc) is 3.14. The molecular weight excluding hydrogens is 240 g/mol. The topological polar surface area (TPSA) is 66.0 Å². The van der Waals surface area contributed by atoms with Crippen molar-refractivity contribution in [3.05, 3.63) is 46.0 Å². The van der Waals surface area contributed by atoms with Crippen molar-refractivity contribution in [1.82, 2.24) is 9.97 Å². The van der Waals surface area contributed by atoms with Crippen molar-refractivity contribution in [2.24, 2.45) is 5.92 Å². The Morgan fingerprint density at radius 1 is 1.32 bits per heavy atom. The molecule has 1 aliphatic carbocycles. The molecule has 98 valence electrons. The highest BCUT2D eigenvalue weighted by Crippen LogP contribution is 2.32. The molecule has 0 spiro atoms. The van der Waals surface area contributed by atoms with Crippen LogP contribution in [-0.2, 0) is 6.42 Å². The fourth-order valence-corrected chi connectivity index (χ4v) is 2.18. The zero-order chi connectivity index (χ0) is 13.4. The molecule has 4 nitrogen and oxygen atoms in total. The molecule has 1 aromatic carbocycles. The maximum absolute atomic E-state index is 12.1. The number of aromatic nitrogens is 2. The van der Waals surface area contributed by atoms with Gasteiger partial charge < -0.3 is 10.1 Å². The van der Waals surface area contributed by atoms with Crippen LogP contribution < -0.4 is 5.56 Å². The van der Waals surface area contributed by atoms with Gasteiger partial charge in [0, 0.05) is 6.42 Å². The minimum Gasteiger partial charge on any atom is -0.493 e. The van der Waals surface area contributed by atoms with Crippen LogP contribution in [0.3, 0.4) is 0 Å². The van der Waals surface area contributed by atoms with E-state index in [2.05, 4.69) is 9.97 Å². The van der Waals surface area contributed by atoms with Crippen molar-refractivity contribution >= 4 is 0 Å². The van der Waals surface area contributed by atoms with Gasteiger partial charge in [-0.2, -0.15) is 4.98 Å². The van der Waals surface area contributed by atoms with Crippen molar-refractivity contribution in [3.63, 3.8) is 0 Å². The van der Waals surface area contributed by atoms with Gasteiger partial charge in [-0.1, -0.05) is 29.8 Å². The highest BCUT2D eigenvalue weighted by molar-refractivity contribution is 5.67. The lowest BCUT2D eigenvalue weighted by Crippen LogP contribution is -2.14. The van der Waals surface area contributed by atoms with Gasteiger partial charge >= 0.3 is 0 Å². The Labute approximate surface area is 111 Å². The lowest BCUT2D eigenvalue weighted by Gasteiger charge is -2.06. The molecule has 0 radical (unpaired) electrons. The largest absolute Gasteiger partial charge is 0.493 e. The third kappa shape index (κ3) is 2.52. The molecule has 0 atom stereocenters. The number of nitrogens with one attached hydrogen (secondary N) is 1. The fraction of sp³-hybridized carbons (Fsp3) is 0.333. The molecule has 19 heavy (non-hydrogen) atoms. The summed E-state index contributed by atoms with van der Waals surface area (Å²) in [4.78, 5) is 19.0. The number of aryl methyl sites for hydroxylation is 1. The second kappa shape index (κ2) is 4.53. The summed E-state index contributed by atoms with van der Waals surface area (Å²) >= 11 is 0. The molecule has 0 aliphatic heterocycles. The molecule has 3 rings (SSSR count). The predicted molar refractivity (Wildman–Crippen MR) is 73.1 cm³/mol. The Balaban J connectivity index is 2.01. The van der Waals surface area contributed by atoms with Crippen molar-refractivity contribution in [2.45, 2.75) is 26.2 Å². The van der Waals surface area contributed by atoms with Gasteiger partial charge in [-0.3, -0.25) is 4.79 Å². The summed E-state index contributed by atoms with van der Waals surface area (Å²) in [5.74, 6) is 1.02. The third-order valence-electron chi connectivity index (χ3n) is 3.47. The fourth-order valence-electron chi connectivity index (χ4n) is 2.18. The Hall–Kier alpha value is -2.10. The molecule has 2 N–H and O–H groups in total. The van der Waals surface area contributed by atoms with Crippen LogP contribution in [0.2, 0.25) is 0 Å². The maximum Gasteiger partial charge on any atom is 0.262 e. The summed E-state index contributed by atoms with van der Waals surface area (Å²) in [5.41, 5.74) is 1.78. The van der Waals surface area contributed by atoms with Crippen LogP contribution in [0.25, 0.3) is 11.1 Å². The van der Waals surface area contributed by atoms with Crippen molar-refractivity contribution in [2.75, 3.05) is 0 Å². The van der Waals surface area contributed by atoms with Gasteiger partial charge in [0.1, 0.15) is 11.4 Å². The van der Waals surface area contributed by atoms with E-state index in [0.717, 1.165) is 12.0 Å². The molecule has 0 bridgehead atoms. The van der Waals surface area contributed by atoms with Crippen LogP contribution in [0.4, 0.5) is 0 Å². The van der Waals surface area contributed by atoms with Crippen LogP contribution in [0.1, 0.15) is 24.2 Å². The van der Waals surface area contributed by atoms with E-state index < -0.39 is 0 Å². The SMILES string of the molecule is Cc1ccc(-c2c(O)nc(CC3CC3)[nH]c2=O)cc1. The first-order valence-electron chi connectivity index (χ1n) is 6.52. The zero-order valence-corrected chi connectivity index (χ0v) is 10.8. The smallest absolute Gasteiger partial charge is 0.262 e. The standard InChI is InChI=1S/C15H16N2O2/c1-9-2-6-11(7-3-9)13-14(18)16-12(17-15(13)19)8-10-4-5-10/h2-3,6-7,10H,4-5,8H2,1H3,(H2,16,17,18,19). The molecule has 4 heteroatoms. The Kier molecular flexibility index (Phi) is 2.85. The van der Waals surface area contributed by atoms with Gasteiger partial charge in [-0.25, -0.2) is 0 Å². The average molecular weight is 256 g/mol. The molecule has 1 aliphatic rings. The van der Waals surface area contributed by atoms with Crippen LogP contribution in [-0.4, -0.2) is 15.1 Å². The lowest BCUT2D eigenvalue weighted by atomic mass is 10.1. The van der Waals surface area contributed by atoms with E-state index in [1.165, 1.54) is 12.8 Å². The van der Waals surface area contributed by atoms with E-state index in [0.29, 0.717) is 17.3 Å². The summed E-state index contributed by atoms with van der Waals surface area (Å²) in [7, 11) is 0. The minimum atomic E-state index is -0.271. The first-order valence-corrected chi connectivity index (χ1v) is 6.52. The Morgan fingerprint density at radius 3 is 2.58 bits per heavy atom. The second-order valence-electron chi connectivity index (χ2n) is 5.22. The molecular formula is C15H16N2O2. The highest BCUT2D eigenvalue weighted by Gasteiger charge is 2.23. The second-order valence-corrected chi connectivity index (χ2v) is 5.22. The minimum absolute atomic E-state index is 0.178. The molecule has 1 fully saturated rings.